The predicted octanol–water partition coefficient (Wildman–Crippen LogP) is 2.19. The maximum Gasteiger partial charge on any atom is 0.134 e. The molecule has 2 aromatic rings. The first kappa shape index (κ1) is 16.2. The highest BCUT2D eigenvalue weighted by Crippen LogP contribution is 2.17. The van der Waals surface area contributed by atoms with E-state index >= 15 is 0 Å². The fourth-order valence-electron chi connectivity index (χ4n) is 3.33. The van der Waals surface area contributed by atoms with E-state index in [9.17, 15) is 0 Å². The number of hydrogen-bond donors (Lipinski definition) is 1. The van der Waals surface area contributed by atoms with E-state index < -0.39 is 0 Å². The molecule has 0 unspecified atom stereocenters. The minimum absolute atomic E-state index is 0.459. The molecular weight excluding hydrogens is 288 g/mol. The van der Waals surface area contributed by atoms with E-state index in [4.69, 9.17) is 0 Å². The standard InChI is InChI=1S/C17H28N6/c1-13(2)17-14(12-22(3)21-17)11-18-9-8-16-20-19-15-7-5-4-6-10-23(15)16/h12-13,18H,4-11H2,1-3H3. The Morgan fingerprint density at radius 3 is 2.91 bits per heavy atom. The molecule has 1 aliphatic heterocycles. The van der Waals surface area contributed by atoms with Crippen LogP contribution in [0, 0.1) is 0 Å². The average Bonchev–Trinajstić information content (AvgIpc) is 2.99. The van der Waals surface area contributed by atoms with Crippen LogP contribution in [0.15, 0.2) is 6.20 Å². The van der Waals surface area contributed by atoms with Crippen LogP contribution in [-0.4, -0.2) is 31.1 Å². The number of aryl methyl sites for hydroxylation is 2. The fraction of sp³-hybridized carbons (Fsp3) is 0.706. The van der Waals surface area contributed by atoms with Gasteiger partial charge in [0, 0.05) is 51.3 Å². The summed E-state index contributed by atoms with van der Waals surface area (Å²) in [6.45, 7) is 7.25. The van der Waals surface area contributed by atoms with Crippen LogP contribution < -0.4 is 5.32 Å². The quantitative estimate of drug-likeness (QED) is 0.830. The van der Waals surface area contributed by atoms with Gasteiger partial charge in [-0.05, 0) is 18.8 Å². The number of nitrogens with one attached hydrogen (secondary N) is 1. The molecule has 6 heteroatoms. The Hall–Kier alpha value is -1.69. The van der Waals surface area contributed by atoms with Gasteiger partial charge in [0.15, 0.2) is 0 Å². The summed E-state index contributed by atoms with van der Waals surface area (Å²) in [4.78, 5) is 0. The predicted molar refractivity (Wildman–Crippen MR) is 90.3 cm³/mol. The lowest BCUT2D eigenvalue weighted by atomic mass is 10.1. The molecule has 23 heavy (non-hydrogen) atoms. The van der Waals surface area contributed by atoms with Crippen LogP contribution in [0.1, 0.15) is 61.9 Å². The summed E-state index contributed by atoms with van der Waals surface area (Å²) in [6, 6.07) is 0. The van der Waals surface area contributed by atoms with Crippen LogP contribution in [-0.2, 0) is 33.0 Å². The molecule has 0 spiro atoms. The molecule has 0 saturated carbocycles. The molecule has 2 aromatic heterocycles. The maximum absolute atomic E-state index is 4.56. The lowest BCUT2D eigenvalue weighted by molar-refractivity contribution is 0.586. The molecule has 0 aromatic carbocycles. The third kappa shape index (κ3) is 3.80. The highest BCUT2D eigenvalue weighted by Gasteiger charge is 2.14. The lowest BCUT2D eigenvalue weighted by Crippen LogP contribution is -2.19. The van der Waals surface area contributed by atoms with E-state index in [0.29, 0.717) is 5.92 Å². The van der Waals surface area contributed by atoms with Crippen molar-refractivity contribution in [2.24, 2.45) is 7.05 Å². The zero-order valence-corrected chi connectivity index (χ0v) is 14.5. The number of nitrogens with zero attached hydrogens (tertiary/aromatic N) is 5. The minimum atomic E-state index is 0.459. The van der Waals surface area contributed by atoms with E-state index in [2.05, 4.69) is 45.2 Å². The van der Waals surface area contributed by atoms with Gasteiger partial charge >= 0.3 is 0 Å². The first-order valence-electron chi connectivity index (χ1n) is 8.79. The summed E-state index contributed by atoms with van der Waals surface area (Å²) in [5, 5.41) is 16.9. The van der Waals surface area contributed by atoms with Crippen LogP contribution in [0.2, 0.25) is 0 Å². The van der Waals surface area contributed by atoms with E-state index in [0.717, 1.165) is 38.3 Å². The van der Waals surface area contributed by atoms with Crippen molar-refractivity contribution in [2.75, 3.05) is 6.54 Å². The molecule has 3 heterocycles. The second-order valence-electron chi connectivity index (χ2n) is 6.79. The molecule has 0 fully saturated rings. The summed E-state index contributed by atoms with van der Waals surface area (Å²) in [5.74, 6) is 2.76. The van der Waals surface area contributed by atoms with Crippen LogP contribution in [0.4, 0.5) is 0 Å². The van der Waals surface area contributed by atoms with Gasteiger partial charge in [-0.3, -0.25) is 4.68 Å². The van der Waals surface area contributed by atoms with E-state index in [1.807, 2.05) is 11.7 Å². The SMILES string of the molecule is CC(C)c1nn(C)cc1CNCCc1nnc2n1CCCCC2. The summed E-state index contributed by atoms with van der Waals surface area (Å²) in [7, 11) is 1.99. The fourth-order valence-corrected chi connectivity index (χ4v) is 3.33. The second kappa shape index (κ2) is 7.25. The van der Waals surface area contributed by atoms with Crippen molar-refractivity contribution in [1.29, 1.82) is 0 Å². The second-order valence-corrected chi connectivity index (χ2v) is 6.79. The third-order valence-electron chi connectivity index (χ3n) is 4.51. The Bertz CT molecular complexity index is 640. The lowest BCUT2D eigenvalue weighted by Gasteiger charge is -2.08. The molecule has 0 atom stereocenters. The van der Waals surface area contributed by atoms with Gasteiger partial charge in [0.1, 0.15) is 11.6 Å². The minimum Gasteiger partial charge on any atom is -0.315 e. The van der Waals surface area contributed by atoms with E-state index in [1.165, 1.54) is 36.3 Å². The van der Waals surface area contributed by atoms with Crippen molar-refractivity contribution in [3.05, 3.63) is 29.1 Å². The van der Waals surface area contributed by atoms with Gasteiger partial charge in [0.25, 0.3) is 0 Å². The van der Waals surface area contributed by atoms with Crippen LogP contribution in [0.3, 0.4) is 0 Å². The Morgan fingerprint density at radius 1 is 1.22 bits per heavy atom. The summed E-state index contributed by atoms with van der Waals surface area (Å²) < 4.78 is 4.24. The van der Waals surface area contributed by atoms with Gasteiger partial charge in [-0.15, -0.1) is 10.2 Å². The molecule has 6 nitrogen and oxygen atoms in total. The van der Waals surface area contributed by atoms with Crippen molar-refractivity contribution < 1.29 is 0 Å². The molecule has 3 rings (SSSR count). The van der Waals surface area contributed by atoms with Gasteiger partial charge in [0.05, 0.1) is 5.69 Å². The van der Waals surface area contributed by atoms with Crippen LogP contribution >= 0.6 is 0 Å². The molecule has 0 bridgehead atoms. The molecule has 1 N–H and O–H groups in total. The monoisotopic (exact) mass is 316 g/mol. The zero-order valence-electron chi connectivity index (χ0n) is 14.5. The first-order valence-corrected chi connectivity index (χ1v) is 8.79. The molecule has 0 saturated heterocycles. The normalized spacial score (nSPS) is 15.0. The van der Waals surface area contributed by atoms with Gasteiger partial charge < -0.3 is 9.88 Å². The molecule has 0 radical (unpaired) electrons. The Kier molecular flexibility index (Phi) is 5.10. The van der Waals surface area contributed by atoms with Gasteiger partial charge in [-0.2, -0.15) is 5.10 Å². The highest BCUT2D eigenvalue weighted by atomic mass is 15.3. The Balaban J connectivity index is 1.54. The van der Waals surface area contributed by atoms with Crippen LogP contribution in [0.5, 0.6) is 0 Å². The molecule has 126 valence electrons. The van der Waals surface area contributed by atoms with Crippen LogP contribution in [0.25, 0.3) is 0 Å². The Morgan fingerprint density at radius 2 is 2.09 bits per heavy atom. The smallest absolute Gasteiger partial charge is 0.134 e. The summed E-state index contributed by atoms with van der Waals surface area (Å²) in [5.41, 5.74) is 2.49. The largest absolute Gasteiger partial charge is 0.315 e. The topological polar surface area (TPSA) is 60.6 Å². The molecule has 1 aliphatic rings. The first-order chi connectivity index (χ1) is 11.1. The maximum atomic E-state index is 4.56. The highest BCUT2D eigenvalue weighted by molar-refractivity contribution is 5.19. The van der Waals surface area contributed by atoms with Crippen molar-refractivity contribution in [3.8, 4) is 0 Å². The molecule has 0 aliphatic carbocycles. The van der Waals surface area contributed by atoms with Gasteiger partial charge in [-0.1, -0.05) is 20.3 Å². The van der Waals surface area contributed by atoms with Crippen molar-refractivity contribution >= 4 is 0 Å². The summed E-state index contributed by atoms with van der Waals surface area (Å²) >= 11 is 0. The molecular formula is C17H28N6. The molecule has 0 amide bonds. The zero-order chi connectivity index (χ0) is 16.2. The summed E-state index contributed by atoms with van der Waals surface area (Å²) in [6.07, 6.45) is 7.93. The van der Waals surface area contributed by atoms with Gasteiger partial charge in [-0.25, -0.2) is 0 Å². The number of rotatable bonds is 6. The Labute approximate surface area is 138 Å². The van der Waals surface area contributed by atoms with E-state index in [1.54, 1.807) is 0 Å². The van der Waals surface area contributed by atoms with E-state index in [-0.39, 0.29) is 0 Å². The third-order valence-corrected chi connectivity index (χ3v) is 4.51. The van der Waals surface area contributed by atoms with Crippen molar-refractivity contribution in [3.63, 3.8) is 0 Å². The number of aromatic nitrogens is 5. The number of fused-ring (bicyclic) bond motifs is 1. The van der Waals surface area contributed by atoms with Crippen molar-refractivity contribution in [1.82, 2.24) is 29.9 Å². The average molecular weight is 316 g/mol. The van der Waals surface area contributed by atoms with Crippen molar-refractivity contribution in [2.45, 2.75) is 65.0 Å². The van der Waals surface area contributed by atoms with Gasteiger partial charge in [0.2, 0.25) is 0 Å². The number of hydrogen-bond acceptors (Lipinski definition) is 4.